The molecule has 0 spiro atoms. The number of hydrogen-bond donors (Lipinski definition) is 0. The minimum atomic E-state index is -3.64. The molecule has 1 amide bonds. The highest BCUT2D eigenvalue weighted by molar-refractivity contribution is 7.90. The molecule has 8 nitrogen and oxygen atoms in total. The number of unbranched alkanes of at least 4 members (excludes halogenated alkanes) is 1. The van der Waals surface area contributed by atoms with Crippen molar-refractivity contribution >= 4 is 47.3 Å². The molecule has 0 bridgehead atoms. The molecule has 0 unspecified atom stereocenters. The number of sulfone groups is 1. The lowest BCUT2D eigenvalue weighted by Crippen LogP contribution is -2.31. The number of nitrogens with zero attached hydrogens (tertiary/aromatic N) is 3. The van der Waals surface area contributed by atoms with E-state index in [1.165, 1.54) is 46.0 Å². The van der Waals surface area contributed by atoms with Gasteiger partial charge in [0.25, 0.3) is 5.91 Å². The average Bonchev–Trinajstić information content (AvgIpc) is 3.15. The van der Waals surface area contributed by atoms with Gasteiger partial charge in [-0.05, 0) is 48.9 Å². The van der Waals surface area contributed by atoms with E-state index in [2.05, 4.69) is 11.6 Å². The molecule has 0 aliphatic rings. The highest BCUT2D eigenvalue weighted by Gasteiger charge is 2.22. The van der Waals surface area contributed by atoms with Crippen LogP contribution in [0.25, 0.3) is 10.2 Å². The summed E-state index contributed by atoms with van der Waals surface area (Å²) in [4.78, 5) is 17.9. The van der Waals surface area contributed by atoms with Crippen molar-refractivity contribution in [2.24, 2.45) is 4.99 Å². The number of thiazole rings is 1. The number of rotatable bonds is 10. The van der Waals surface area contributed by atoms with Crippen LogP contribution in [0.15, 0.2) is 69.9 Å². The van der Waals surface area contributed by atoms with Crippen LogP contribution in [-0.4, -0.2) is 51.0 Å². The van der Waals surface area contributed by atoms with E-state index in [-0.39, 0.29) is 15.4 Å². The highest BCUT2D eigenvalue weighted by atomic mass is 32.2. The summed E-state index contributed by atoms with van der Waals surface area (Å²) in [6.07, 6.45) is 4.47. The topological polar surface area (TPSA) is 106 Å². The number of amides is 1. The molecule has 1 heterocycles. The van der Waals surface area contributed by atoms with E-state index < -0.39 is 25.8 Å². The third kappa shape index (κ3) is 5.97. The molecule has 11 heteroatoms. The predicted octanol–water partition coefficient (Wildman–Crippen LogP) is 3.84. The Kier molecular flexibility index (Phi) is 8.47. The van der Waals surface area contributed by atoms with Gasteiger partial charge in [0.05, 0.1) is 20.0 Å². The van der Waals surface area contributed by atoms with Crippen LogP contribution in [0.1, 0.15) is 37.0 Å². The maximum atomic E-state index is 12.9. The van der Waals surface area contributed by atoms with Crippen molar-refractivity contribution in [2.45, 2.75) is 43.0 Å². The van der Waals surface area contributed by atoms with Crippen molar-refractivity contribution in [2.75, 3.05) is 19.3 Å². The number of allylic oxidation sites excluding steroid dienone is 1. The summed E-state index contributed by atoms with van der Waals surface area (Å²) >= 11 is 1.20. The standard InChI is InChI=1S/C24H29N3O5S3/c1-5-8-16-26(7-3)35(31,32)19-11-9-18(10-12-19)23(28)25-24-27(15-6-2)21-14-13-20(34(4,29)30)17-22(21)33-24/h6,9-14,17H,2,5,7-8,15-16H2,1,3-4H3. The van der Waals surface area contributed by atoms with Crippen molar-refractivity contribution in [3.8, 4) is 0 Å². The van der Waals surface area contributed by atoms with Crippen molar-refractivity contribution in [1.82, 2.24) is 8.87 Å². The number of carbonyl (C=O) groups is 1. The first-order chi connectivity index (χ1) is 16.5. The van der Waals surface area contributed by atoms with Gasteiger partial charge < -0.3 is 4.57 Å². The first kappa shape index (κ1) is 27.0. The Hall–Kier alpha value is -2.60. The summed E-state index contributed by atoms with van der Waals surface area (Å²) in [6.45, 7) is 8.75. The Morgan fingerprint density at radius 1 is 1.09 bits per heavy atom. The van der Waals surface area contributed by atoms with Crippen molar-refractivity contribution in [1.29, 1.82) is 0 Å². The normalized spacial score (nSPS) is 13.0. The molecule has 3 rings (SSSR count). The molecule has 0 saturated carbocycles. The van der Waals surface area contributed by atoms with Crippen molar-refractivity contribution in [3.05, 3.63) is 65.5 Å². The first-order valence-electron chi connectivity index (χ1n) is 11.2. The third-order valence-electron chi connectivity index (χ3n) is 5.44. The fraction of sp³-hybridized carbons (Fsp3) is 0.333. The summed E-state index contributed by atoms with van der Waals surface area (Å²) < 4.78 is 53.6. The summed E-state index contributed by atoms with van der Waals surface area (Å²) in [6, 6.07) is 10.5. The molecule has 1 aromatic heterocycles. The maximum absolute atomic E-state index is 12.9. The third-order valence-corrected chi connectivity index (χ3v) is 9.58. The smallest absolute Gasteiger partial charge is 0.279 e. The zero-order valence-corrected chi connectivity index (χ0v) is 22.4. The summed E-state index contributed by atoms with van der Waals surface area (Å²) in [5.41, 5.74) is 0.988. The maximum Gasteiger partial charge on any atom is 0.279 e. The number of benzene rings is 2. The fourth-order valence-electron chi connectivity index (χ4n) is 3.53. The van der Waals surface area contributed by atoms with Crippen LogP contribution in [-0.2, 0) is 26.4 Å². The molecule has 0 radical (unpaired) electrons. The largest absolute Gasteiger partial charge is 0.312 e. The van der Waals surface area contributed by atoms with Gasteiger partial charge in [-0.1, -0.05) is 37.7 Å². The number of carbonyl (C=O) groups excluding carboxylic acids is 1. The van der Waals surface area contributed by atoms with Gasteiger partial charge in [-0.15, -0.1) is 6.58 Å². The van der Waals surface area contributed by atoms with Gasteiger partial charge >= 0.3 is 0 Å². The van der Waals surface area contributed by atoms with Crippen LogP contribution in [0.4, 0.5) is 0 Å². The van der Waals surface area contributed by atoms with Gasteiger partial charge in [0, 0.05) is 31.5 Å². The van der Waals surface area contributed by atoms with E-state index in [1.807, 2.05) is 6.92 Å². The molecule has 0 aliphatic heterocycles. The lowest BCUT2D eigenvalue weighted by atomic mass is 10.2. The van der Waals surface area contributed by atoms with Gasteiger partial charge in [0.15, 0.2) is 14.6 Å². The Morgan fingerprint density at radius 2 is 1.74 bits per heavy atom. The summed E-state index contributed by atoms with van der Waals surface area (Å²) in [5.74, 6) is -0.528. The second kappa shape index (κ2) is 11.0. The molecule has 2 aromatic carbocycles. The number of hydrogen-bond acceptors (Lipinski definition) is 6. The molecule has 3 aromatic rings. The second-order valence-electron chi connectivity index (χ2n) is 7.98. The quantitative estimate of drug-likeness (QED) is 0.367. The number of aromatic nitrogens is 1. The molecule has 188 valence electrons. The van der Waals surface area contributed by atoms with Gasteiger partial charge in [0.2, 0.25) is 10.0 Å². The molecular formula is C24H29N3O5S3. The van der Waals surface area contributed by atoms with E-state index in [4.69, 9.17) is 0 Å². The van der Waals surface area contributed by atoms with Crippen LogP contribution in [0.3, 0.4) is 0 Å². The van der Waals surface area contributed by atoms with Gasteiger partial charge in [0.1, 0.15) is 0 Å². The molecule has 0 saturated heterocycles. The van der Waals surface area contributed by atoms with Crippen molar-refractivity contribution < 1.29 is 21.6 Å². The molecule has 35 heavy (non-hydrogen) atoms. The van der Waals surface area contributed by atoms with Gasteiger partial charge in [-0.25, -0.2) is 16.8 Å². The summed E-state index contributed by atoms with van der Waals surface area (Å²) in [7, 11) is -7.02. The number of fused-ring (bicyclic) bond motifs is 1. The average molecular weight is 536 g/mol. The minimum absolute atomic E-state index is 0.129. The Bertz CT molecular complexity index is 1520. The van der Waals surface area contributed by atoms with Crippen LogP contribution in [0, 0.1) is 0 Å². The predicted molar refractivity (Wildman–Crippen MR) is 139 cm³/mol. The minimum Gasteiger partial charge on any atom is -0.312 e. The van der Waals surface area contributed by atoms with E-state index in [0.29, 0.717) is 29.1 Å². The van der Waals surface area contributed by atoms with Crippen LogP contribution in [0.2, 0.25) is 0 Å². The lowest BCUT2D eigenvalue weighted by Gasteiger charge is -2.20. The van der Waals surface area contributed by atoms with E-state index >= 15 is 0 Å². The molecule has 0 fully saturated rings. The SMILES string of the molecule is C=CCn1c(=NC(=O)c2ccc(S(=O)(=O)N(CC)CCCC)cc2)sc2cc(S(C)(=O)=O)ccc21. The van der Waals surface area contributed by atoms with E-state index in [1.54, 1.807) is 29.7 Å². The Morgan fingerprint density at radius 3 is 2.31 bits per heavy atom. The van der Waals surface area contributed by atoms with Gasteiger partial charge in [-0.3, -0.25) is 4.79 Å². The number of sulfonamides is 1. The van der Waals surface area contributed by atoms with E-state index in [0.717, 1.165) is 24.6 Å². The molecule has 0 atom stereocenters. The molecular weight excluding hydrogens is 506 g/mol. The van der Waals surface area contributed by atoms with Crippen LogP contribution < -0.4 is 4.80 Å². The fourth-order valence-corrected chi connectivity index (χ4v) is 6.81. The van der Waals surface area contributed by atoms with Crippen LogP contribution in [0.5, 0.6) is 0 Å². The monoisotopic (exact) mass is 535 g/mol. The molecule has 0 aliphatic carbocycles. The van der Waals surface area contributed by atoms with Gasteiger partial charge in [-0.2, -0.15) is 9.30 Å². The first-order valence-corrected chi connectivity index (χ1v) is 15.3. The summed E-state index contributed by atoms with van der Waals surface area (Å²) in [5, 5.41) is 0. The van der Waals surface area contributed by atoms with Crippen molar-refractivity contribution in [3.63, 3.8) is 0 Å². The zero-order chi connectivity index (χ0) is 25.8. The molecule has 0 N–H and O–H groups in total. The highest BCUT2D eigenvalue weighted by Crippen LogP contribution is 2.22. The zero-order valence-electron chi connectivity index (χ0n) is 20.0. The Labute approximate surface area is 210 Å². The van der Waals surface area contributed by atoms with E-state index in [9.17, 15) is 21.6 Å². The second-order valence-corrected chi connectivity index (χ2v) is 12.9. The lowest BCUT2D eigenvalue weighted by molar-refractivity contribution is 0.0997. The van der Waals surface area contributed by atoms with Crippen LogP contribution >= 0.6 is 11.3 Å². The Balaban J connectivity index is 1.98.